The smallest absolute Gasteiger partial charge is 0.197 e. The van der Waals surface area contributed by atoms with Crippen LogP contribution in [0.25, 0.3) is 0 Å². The lowest BCUT2D eigenvalue weighted by Gasteiger charge is -2.32. The summed E-state index contributed by atoms with van der Waals surface area (Å²) in [7, 11) is 0. The van der Waals surface area contributed by atoms with Gasteiger partial charge in [-0.3, -0.25) is 11.3 Å². The van der Waals surface area contributed by atoms with Gasteiger partial charge in [0.25, 0.3) is 0 Å². The number of rotatable bonds is 3. The Hall–Kier alpha value is -0.510. The fourth-order valence-electron chi connectivity index (χ4n) is 2.79. The van der Waals surface area contributed by atoms with Gasteiger partial charge < -0.3 is 4.42 Å². The van der Waals surface area contributed by atoms with Gasteiger partial charge in [-0.2, -0.15) is 0 Å². The van der Waals surface area contributed by atoms with Gasteiger partial charge in [0.2, 0.25) is 0 Å². The van der Waals surface area contributed by atoms with Crippen LogP contribution in [0.3, 0.4) is 0 Å². The predicted molar refractivity (Wildman–Crippen MR) is 64.9 cm³/mol. The Labute approximate surface area is 101 Å². The largest absolute Gasteiger partial charge is 0.453 e. The summed E-state index contributed by atoms with van der Waals surface area (Å²) in [5.74, 6) is 7.00. The van der Waals surface area contributed by atoms with Crippen LogP contribution in [0.1, 0.15) is 44.2 Å². The highest BCUT2D eigenvalue weighted by Crippen LogP contribution is 2.38. The average molecular weight is 243 g/mol. The molecule has 1 heterocycles. The molecule has 2 rings (SSSR count). The number of furan rings is 1. The number of nitrogens with two attached hydrogens (primary N) is 1. The van der Waals surface area contributed by atoms with Crippen molar-refractivity contribution < 1.29 is 4.42 Å². The minimum atomic E-state index is 0.119. The molecule has 3 nitrogen and oxygen atoms in total. The van der Waals surface area contributed by atoms with Crippen molar-refractivity contribution in [1.82, 2.24) is 5.43 Å². The Balaban J connectivity index is 2.13. The Bertz CT molecular complexity index is 340. The van der Waals surface area contributed by atoms with Gasteiger partial charge in [0.05, 0.1) is 12.3 Å². The summed E-state index contributed by atoms with van der Waals surface area (Å²) < 4.78 is 5.13. The third-order valence-corrected chi connectivity index (χ3v) is 3.92. The molecular weight excluding hydrogens is 224 g/mol. The zero-order valence-electron chi connectivity index (χ0n) is 9.58. The molecule has 1 fully saturated rings. The lowest BCUT2D eigenvalue weighted by atomic mass is 9.77. The van der Waals surface area contributed by atoms with Crippen LogP contribution in [0.2, 0.25) is 5.22 Å². The number of nitrogens with one attached hydrogen (secondary N) is 1. The van der Waals surface area contributed by atoms with Crippen molar-refractivity contribution in [3.05, 3.63) is 23.1 Å². The molecule has 0 aliphatic heterocycles. The second-order valence-corrected chi connectivity index (χ2v) is 5.17. The molecule has 3 N–H and O–H groups in total. The molecule has 3 atom stereocenters. The molecule has 1 saturated carbocycles. The molecule has 1 aromatic heterocycles. The Morgan fingerprint density at radius 1 is 1.56 bits per heavy atom. The number of hydrogen-bond acceptors (Lipinski definition) is 3. The Kier molecular flexibility index (Phi) is 3.90. The van der Waals surface area contributed by atoms with Gasteiger partial charge in [-0.05, 0) is 42.3 Å². The number of hydrazine groups is 1. The van der Waals surface area contributed by atoms with Crippen molar-refractivity contribution >= 4 is 11.6 Å². The van der Waals surface area contributed by atoms with E-state index in [4.69, 9.17) is 21.9 Å². The minimum absolute atomic E-state index is 0.119. The summed E-state index contributed by atoms with van der Waals surface area (Å²) in [5, 5.41) is 0.459. The van der Waals surface area contributed by atoms with Crippen LogP contribution in [0.5, 0.6) is 0 Å². The Morgan fingerprint density at radius 2 is 2.38 bits per heavy atom. The molecule has 0 amide bonds. The van der Waals surface area contributed by atoms with Crippen LogP contribution >= 0.6 is 11.6 Å². The van der Waals surface area contributed by atoms with E-state index in [0.717, 1.165) is 11.5 Å². The maximum absolute atomic E-state index is 6.01. The third-order valence-electron chi connectivity index (χ3n) is 3.61. The lowest BCUT2D eigenvalue weighted by molar-refractivity contribution is 0.224. The Morgan fingerprint density at radius 3 is 2.94 bits per heavy atom. The van der Waals surface area contributed by atoms with Crippen LogP contribution in [-0.2, 0) is 0 Å². The fraction of sp³-hybridized carbons (Fsp3) is 0.667. The highest BCUT2D eigenvalue weighted by Gasteiger charge is 2.29. The van der Waals surface area contributed by atoms with Crippen molar-refractivity contribution in [3.8, 4) is 0 Å². The van der Waals surface area contributed by atoms with Gasteiger partial charge in [0, 0.05) is 5.56 Å². The first-order valence-electron chi connectivity index (χ1n) is 5.91. The fourth-order valence-corrected chi connectivity index (χ4v) is 3.02. The molecule has 0 spiro atoms. The summed E-state index contributed by atoms with van der Waals surface area (Å²) in [4.78, 5) is 0. The van der Waals surface area contributed by atoms with E-state index < -0.39 is 0 Å². The molecule has 4 heteroatoms. The van der Waals surface area contributed by atoms with Crippen LogP contribution < -0.4 is 11.3 Å². The van der Waals surface area contributed by atoms with Crippen LogP contribution in [-0.4, -0.2) is 0 Å². The number of hydrogen-bond donors (Lipinski definition) is 2. The van der Waals surface area contributed by atoms with E-state index >= 15 is 0 Å². The molecule has 90 valence electrons. The maximum atomic E-state index is 6.01. The molecule has 0 aromatic carbocycles. The summed E-state index contributed by atoms with van der Waals surface area (Å²) in [6, 6.07) is 2.03. The zero-order chi connectivity index (χ0) is 11.5. The van der Waals surface area contributed by atoms with Gasteiger partial charge in [0.15, 0.2) is 5.22 Å². The molecule has 1 aliphatic carbocycles. The van der Waals surface area contributed by atoms with Crippen LogP contribution in [0.4, 0.5) is 0 Å². The second-order valence-electron chi connectivity index (χ2n) is 4.83. The highest BCUT2D eigenvalue weighted by molar-refractivity contribution is 6.29. The first-order valence-corrected chi connectivity index (χ1v) is 6.29. The summed E-state index contributed by atoms with van der Waals surface area (Å²) >= 11 is 6.01. The van der Waals surface area contributed by atoms with Crippen LogP contribution in [0, 0.1) is 11.8 Å². The average Bonchev–Trinajstić information content (AvgIpc) is 2.67. The third kappa shape index (κ3) is 2.42. The topological polar surface area (TPSA) is 51.2 Å². The zero-order valence-corrected chi connectivity index (χ0v) is 10.3. The van der Waals surface area contributed by atoms with E-state index in [-0.39, 0.29) is 6.04 Å². The van der Waals surface area contributed by atoms with Crippen molar-refractivity contribution in [2.24, 2.45) is 17.7 Å². The van der Waals surface area contributed by atoms with E-state index in [9.17, 15) is 0 Å². The maximum Gasteiger partial charge on any atom is 0.197 e. The normalized spacial score (nSPS) is 27.9. The first-order chi connectivity index (χ1) is 7.72. The SMILES string of the molecule is CC1CCCC(C(NN)c2ccoc2Cl)C1. The minimum Gasteiger partial charge on any atom is -0.453 e. The van der Waals surface area contributed by atoms with E-state index in [0.29, 0.717) is 11.1 Å². The molecule has 0 saturated heterocycles. The molecule has 1 aromatic rings. The van der Waals surface area contributed by atoms with E-state index in [1.54, 1.807) is 6.26 Å². The highest BCUT2D eigenvalue weighted by atomic mass is 35.5. The van der Waals surface area contributed by atoms with Gasteiger partial charge in [0.1, 0.15) is 0 Å². The molecular formula is C12H19ClN2O. The monoisotopic (exact) mass is 242 g/mol. The van der Waals surface area contributed by atoms with E-state index in [1.165, 1.54) is 25.7 Å². The van der Waals surface area contributed by atoms with E-state index in [1.807, 2.05) is 6.07 Å². The standard InChI is InChI=1S/C12H19ClN2O/c1-8-3-2-4-9(7-8)11(15-14)10-5-6-16-12(10)13/h5-6,8-9,11,15H,2-4,7,14H2,1H3. The summed E-state index contributed by atoms with van der Waals surface area (Å²) in [5.41, 5.74) is 3.88. The first kappa shape index (κ1) is 12.0. The van der Waals surface area contributed by atoms with Gasteiger partial charge in [-0.15, -0.1) is 0 Å². The molecule has 16 heavy (non-hydrogen) atoms. The van der Waals surface area contributed by atoms with Gasteiger partial charge in [-0.25, -0.2) is 0 Å². The van der Waals surface area contributed by atoms with Crippen LogP contribution in [0.15, 0.2) is 16.7 Å². The number of halogens is 1. The van der Waals surface area contributed by atoms with Crippen molar-refractivity contribution in [1.29, 1.82) is 0 Å². The van der Waals surface area contributed by atoms with Crippen molar-refractivity contribution in [2.75, 3.05) is 0 Å². The molecule has 0 bridgehead atoms. The second kappa shape index (κ2) is 5.21. The quantitative estimate of drug-likeness (QED) is 0.632. The van der Waals surface area contributed by atoms with Crippen molar-refractivity contribution in [2.45, 2.75) is 38.6 Å². The predicted octanol–water partition coefficient (Wildman–Crippen LogP) is 3.26. The van der Waals surface area contributed by atoms with Gasteiger partial charge in [-0.1, -0.05) is 19.8 Å². The summed E-state index contributed by atoms with van der Waals surface area (Å²) in [6.45, 7) is 2.30. The molecule has 3 unspecified atom stereocenters. The molecule has 1 aliphatic rings. The molecule has 0 radical (unpaired) electrons. The van der Waals surface area contributed by atoms with E-state index in [2.05, 4.69) is 12.3 Å². The van der Waals surface area contributed by atoms with Gasteiger partial charge >= 0.3 is 0 Å². The van der Waals surface area contributed by atoms with Crippen molar-refractivity contribution in [3.63, 3.8) is 0 Å². The summed E-state index contributed by atoms with van der Waals surface area (Å²) in [6.07, 6.45) is 6.64. The lowest BCUT2D eigenvalue weighted by Crippen LogP contribution is -2.35.